The van der Waals surface area contributed by atoms with Gasteiger partial charge in [-0.1, -0.05) is 18.2 Å². The van der Waals surface area contributed by atoms with Gasteiger partial charge in [-0.05, 0) is 37.1 Å². The van der Waals surface area contributed by atoms with Crippen LogP contribution in [0.4, 0.5) is 11.5 Å². The van der Waals surface area contributed by atoms with E-state index in [2.05, 4.69) is 15.2 Å². The number of rotatable bonds is 5. The number of ether oxygens (including phenoxy) is 2. The van der Waals surface area contributed by atoms with Crippen LogP contribution in [0.5, 0.6) is 11.6 Å². The van der Waals surface area contributed by atoms with Gasteiger partial charge in [0.25, 0.3) is 5.88 Å². The Balaban J connectivity index is 1.53. The van der Waals surface area contributed by atoms with Crippen LogP contribution in [0.25, 0.3) is 11.0 Å². The molecule has 1 aliphatic heterocycles. The normalized spacial score (nSPS) is 16.5. The van der Waals surface area contributed by atoms with Gasteiger partial charge in [0, 0.05) is 24.8 Å². The monoisotopic (exact) mass is 392 g/mol. The maximum Gasteiger partial charge on any atom is 0.257 e. The molecule has 2 aromatic carbocycles. The Bertz CT molecular complexity index is 1020. The highest BCUT2D eigenvalue weighted by molar-refractivity contribution is 5.93. The molecule has 0 aliphatic carbocycles. The van der Waals surface area contributed by atoms with Crippen LogP contribution in [0.2, 0.25) is 0 Å². The Morgan fingerprint density at radius 3 is 2.62 bits per heavy atom. The minimum atomic E-state index is -0.145. The molecular formula is C22H24N4O3. The first-order chi connectivity index (χ1) is 14.2. The summed E-state index contributed by atoms with van der Waals surface area (Å²) in [4.78, 5) is 24.3. The summed E-state index contributed by atoms with van der Waals surface area (Å²) < 4.78 is 10.7. The number of fused-ring (bicyclic) bond motifs is 1. The van der Waals surface area contributed by atoms with Crippen molar-refractivity contribution in [1.82, 2.24) is 9.97 Å². The number of amides is 1. The SMILES string of the molecule is COc1cccc(NC(=O)[C@@H]2CCCN(c3nc4ccccc4nc3OC)C2)c1. The maximum atomic E-state index is 12.9. The third-order valence-corrected chi connectivity index (χ3v) is 5.14. The Labute approximate surface area is 169 Å². The molecule has 1 aromatic heterocycles. The Morgan fingerprint density at radius 2 is 1.86 bits per heavy atom. The third kappa shape index (κ3) is 4.08. The first-order valence-corrected chi connectivity index (χ1v) is 9.68. The number of para-hydroxylation sites is 2. The number of hydrogen-bond donors (Lipinski definition) is 1. The van der Waals surface area contributed by atoms with Crippen molar-refractivity contribution in [2.24, 2.45) is 5.92 Å². The molecule has 0 bridgehead atoms. The largest absolute Gasteiger partial charge is 0.497 e. The van der Waals surface area contributed by atoms with Crippen molar-refractivity contribution >= 4 is 28.4 Å². The summed E-state index contributed by atoms with van der Waals surface area (Å²) in [6, 6.07) is 15.1. The van der Waals surface area contributed by atoms with Crippen LogP contribution in [0, 0.1) is 5.92 Å². The van der Waals surface area contributed by atoms with Crippen molar-refractivity contribution in [3.63, 3.8) is 0 Å². The van der Waals surface area contributed by atoms with Crippen molar-refractivity contribution in [3.8, 4) is 11.6 Å². The molecule has 1 atom stereocenters. The lowest BCUT2D eigenvalue weighted by atomic mass is 9.97. The fraction of sp³-hybridized carbons (Fsp3) is 0.318. The van der Waals surface area contributed by atoms with Crippen molar-refractivity contribution < 1.29 is 14.3 Å². The lowest BCUT2D eigenvalue weighted by Crippen LogP contribution is -2.41. The summed E-state index contributed by atoms with van der Waals surface area (Å²) >= 11 is 0. The molecule has 1 N–H and O–H groups in total. The summed E-state index contributed by atoms with van der Waals surface area (Å²) in [5.74, 6) is 1.73. The molecule has 1 fully saturated rings. The second kappa shape index (κ2) is 8.34. The number of nitrogens with one attached hydrogen (secondary N) is 1. The molecule has 1 aliphatic rings. The number of anilines is 2. The van der Waals surface area contributed by atoms with Gasteiger partial charge in [-0.2, -0.15) is 0 Å². The molecule has 4 rings (SSSR count). The first-order valence-electron chi connectivity index (χ1n) is 9.68. The molecule has 7 nitrogen and oxygen atoms in total. The van der Waals surface area contributed by atoms with Gasteiger partial charge < -0.3 is 19.7 Å². The number of benzene rings is 2. The van der Waals surface area contributed by atoms with Crippen LogP contribution in [0.15, 0.2) is 48.5 Å². The van der Waals surface area contributed by atoms with E-state index < -0.39 is 0 Å². The minimum absolute atomic E-state index is 0.00401. The van der Waals surface area contributed by atoms with E-state index in [9.17, 15) is 4.79 Å². The smallest absolute Gasteiger partial charge is 0.257 e. The molecule has 29 heavy (non-hydrogen) atoms. The standard InChI is InChI=1S/C22H24N4O3/c1-28-17-9-5-8-16(13-17)23-21(27)15-7-6-12-26(14-15)20-22(29-2)25-19-11-4-3-10-18(19)24-20/h3-5,8-11,13,15H,6-7,12,14H2,1-2H3,(H,23,27)/t15-/m1/s1. The van der Waals surface area contributed by atoms with Crippen molar-refractivity contribution in [3.05, 3.63) is 48.5 Å². The van der Waals surface area contributed by atoms with Crippen LogP contribution in [0.3, 0.4) is 0 Å². The Morgan fingerprint density at radius 1 is 1.07 bits per heavy atom. The number of carbonyl (C=O) groups excluding carboxylic acids is 1. The topological polar surface area (TPSA) is 76.6 Å². The molecule has 7 heteroatoms. The molecule has 0 radical (unpaired) electrons. The van der Waals surface area contributed by atoms with Crippen LogP contribution < -0.4 is 19.7 Å². The van der Waals surface area contributed by atoms with Gasteiger partial charge in [0.15, 0.2) is 5.82 Å². The van der Waals surface area contributed by atoms with E-state index in [4.69, 9.17) is 14.5 Å². The average Bonchev–Trinajstić information content (AvgIpc) is 2.78. The average molecular weight is 392 g/mol. The number of methoxy groups -OCH3 is 2. The maximum absolute atomic E-state index is 12.9. The van der Waals surface area contributed by atoms with E-state index in [-0.39, 0.29) is 11.8 Å². The zero-order valence-corrected chi connectivity index (χ0v) is 16.6. The second-order valence-electron chi connectivity index (χ2n) is 7.05. The van der Waals surface area contributed by atoms with Gasteiger partial charge in [-0.15, -0.1) is 0 Å². The van der Waals surface area contributed by atoms with Gasteiger partial charge in [0.05, 0.1) is 31.2 Å². The van der Waals surface area contributed by atoms with Gasteiger partial charge in [0.1, 0.15) is 5.75 Å². The Kier molecular flexibility index (Phi) is 5.46. The Hall–Kier alpha value is -3.35. The number of nitrogens with zero attached hydrogens (tertiary/aromatic N) is 3. The van der Waals surface area contributed by atoms with E-state index in [1.54, 1.807) is 14.2 Å². The zero-order chi connectivity index (χ0) is 20.2. The summed E-state index contributed by atoms with van der Waals surface area (Å²) in [7, 11) is 3.21. The first kappa shape index (κ1) is 19.0. The molecule has 3 aromatic rings. The summed E-state index contributed by atoms with van der Waals surface area (Å²) in [6.45, 7) is 1.38. The minimum Gasteiger partial charge on any atom is -0.497 e. The van der Waals surface area contributed by atoms with Gasteiger partial charge in [-0.25, -0.2) is 9.97 Å². The molecule has 1 amide bonds. The van der Waals surface area contributed by atoms with Crippen LogP contribution >= 0.6 is 0 Å². The van der Waals surface area contributed by atoms with E-state index in [1.807, 2.05) is 48.5 Å². The highest BCUT2D eigenvalue weighted by Crippen LogP contribution is 2.31. The van der Waals surface area contributed by atoms with E-state index in [0.717, 1.165) is 36.1 Å². The molecular weight excluding hydrogens is 368 g/mol. The summed E-state index contributed by atoms with van der Waals surface area (Å²) in [6.07, 6.45) is 1.73. The predicted molar refractivity (Wildman–Crippen MR) is 113 cm³/mol. The molecule has 150 valence electrons. The van der Waals surface area contributed by atoms with E-state index >= 15 is 0 Å². The quantitative estimate of drug-likeness (QED) is 0.716. The van der Waals surface area contributed by atoms with Crippen LogP contribution in [-0.4, -0.2) is 43.2 Å². The van der Waals surface area contributed by atoms with Gasteiger partial charge in [-0.3, -0.25) is 4.79 Å². The van der Waals surface area contributed by atoms with Crippen molar-refractivity contribution in [2.75, 3.05) is 37.5 Å². The molecule has 0 saturated carbocycles. The molecule has 1 saturated heterocycles. The lowest BCUT2D eigenvalue weighted by molar-refractivity contribution is -0.120. The van der Waals surface area contributed by atoms with Crippen LogP contribution in [-0.2, 0) is 4.79 Å². The van der Waals surface area contributed by atoms with E-state index in [0.29, 0.717) is 24.0 Å². The molecule has 0 unspecified atom stereocenters. The zero-order valence-electron chi connectivity index (χ0n) is 16.6. The number of aromatic nitrogens is 2. The van der Waals surface area contributed by atoms with E-state index in [1.165, 1.54) is 0 Å². The third-order valence-electron chi connectivity index (χ3n) is 5.14. The predicted octanol–water partition coefficient (Wildman–Crippen LogP) is 3.50. The van der Waals surface area contributed by atoms with Gasteiger partial charge >= 0.3 is 0 Å². The van der Waals surface area contributed by atoms with Crippen LogP contribution in [0.1, 0.15) is 12.8 Å². The van der Waals surface area contributed by atoms with Gasteiger partial charge in [0.2, 0.25) is 5.91 Å². The second-order valence-corrected chi connectivity index (χ2v) is 7.05. The van der Waals surface area contributed by atoms with Crippen molar-refractivity contribution in [2.45, 2.75) is 12.8 Å². The summed E-state index contributed by atoms with van der Waals surface area (Å²) in [5, 5.41) is 3.00. The highest BCUT2D eigenvalue weighted by Gasteiger charge is 2.29. The number of carbonyl (C=O) groups is 1. The fourth-order valence-corrected chi connectivity index (χ4v) is 3.65. The summed E-state index contributed by atoms with van der Waals surface area (Å²) in [5.41, 5.74) is 2.33. The fourth-order valence-electron chi connectivity index (χ4n) is 3.65. The lowest BCUT2D eigenvalue weighted by Gasteiger charge is -2.33. The molecule has 2 heterocycles. The number of piperidine rings is 1. The van der Waals surface area contributed by atoms with Crippen molar-refractivity contribution in [1.29, 1.82) is 0 Å². The number of hydrogen-bond acceptors (Lipinski definition) is 6. The highest BCUT2D eigenvalue weighted by atomic mass is 16.5. The molecule has 0 spiro atoms.